The molecule has 12 heteroatoms. The zero-order chi connectivity index (χ0) is 26.3. The smallest absolute Gasteiger partial charge is 0.275 e. The van der Waals surface area contributed by atoms with E-state index in [1.54, 1.807) is 21.0 Å². The van der Waals surface area contributed by atoms with Crippen molar-refractivity contribution in [3.63, 3.8) is 0 Å². The van der Waals surface area contributed by atoms with Crippen molar-refractivity contribution < 1.29 is 23.8 Å². The number of hydrogen-bond donors (Lipinski definition) is 4. The first-order valence-corrected chi connectivity index (χ1v) is 12.2. The number of rotatable bonds is 6. The molecule has 1 saturated carbocycles. The van der Waals surface area contributed by atoms with Crippen LogP contribution in [0.15, 0.2) is 29.2 Å². The number of nitrogens with one attached hydrogen (secondary N) is 2. The molecule has 1 amide bonds. The molecular weight excluding hydrogens is 492 g/mol. The number of aromatic amines is 1. The highest BCUT2D eigenvalue weighted by Crippen LogP contribution is 2.37. The predicted octanol–water partition coefficient (Wildman–Crippen LogP) is 2.78. The van der Waals surface area contributed by atoms with Crippen LogP contribution in [0, 0.1) is 11.6 Å². The van der Waals surface area contributed by atoms with Crippen molar-refractivity contribution in [1.29, 1.82) is 0 Å². The highest BCUT2D eigenvalue weighted by atomic mass is 32.1. The molecule has 0 bridgehead atoms. The fourth-order valence-corrected chi connectivity index (χ4v) is 5.30. The maximum atomic E-state index is 14.0. The summed E-state index contributed by atoms with van der Waals surface area (Å²) < 4.78 is 27.1. The number of aromatic hydroxyl groups is 1. The predicted molar refractivity (Wildman–Crippen MR) is 130 cm³/mol. The SMILES string of the molecule is CNC1(N(C)C(=O)c2[nH]cc(-c3nnc(Cc4ccc(F)cc4F)s3)c(=O)c2O)CCC(C)(O)CC1. The minimum Gasteiger partial charge on any atom is -0.503 e. The third-order valence-corrected chi connectivity index (χ3v) is 7.85. The van der Waals surface area contributed by atoms with E-state index in [4.69, 9.17) is 0 Å². The molecule has 9 nitrogen and oxygen atoms in total. The summed E-state index contributed by atoms with van der Waals surface area (Å²) in [5.41, 5.74) is -2.39. The number of hydrogen-bond acceptors (Lipinski definition) is 8. The van der Waals surface area contributed by atoms with Crippen molar-refractivity contribution in [2.45, 2.75) is 50.3 Å². The van der Waals surface area contributed by atoms with E-state index in [0.29, 0.717) is 30.7 Å². The quantitative estimate of drug-likeness (QED) is 0.368. The van der Waals surface area contributed by atoms with Crippen molar-refractivity contribution >= 4 is 17.2 Å². The summed E-state index contributed by atoms with van der Waals surface area (Å²) in [5, 5.41) is 32.6. The van der Waals surface area contributed by atoms with Gasteiger partial charge in [0, 0.05) is 25.7 Å². The van der Waals surface area contributed by atoms with Crippen LogP contribution in [0.3, 0.4) is 0 Å². The highest BCUT2D eigenvalue weighted by molar-refractivity contribution is 7.14. The van der Waals surface area contributed by atoms with Gasteiger partial charge in [-0.25, -0.2) is 8.78 Å². The van der Waals surface area contributed by atoms with Gasteiger partial charge in [0.2, 0.25) is 5.43 Å². The van der Waals surface area contributed by atoms with Gasteiger partial charge in [-0.05, 0) is 51.3 Å². The largest absolute Gasteiger partial charge is 0.503 e. The van der Waals surface area contributed by atoms with Gasteiger partial charge in [0.05, 0.1) is 16.8 Å². The summed E-state index contributed by atoms with van der Waals surface area (Å²) in [6.07, 6.45) is 3.27. The highest BCUT2D eigenvalue weighted by Gasteiger charge is 2.43. The van der Waals surface area contributed by atoms with Crippen LogP contribution in [-0.2, 0) is 6.42 Å². The molecule has 0 spiro atoms. The number of nitrogens with zero attached hydrogens (tertiary/aromatic N) is 3. The van der Waals surface area contributed by atoms with Crippen LogP contribution in [0.5, 0.6) is 5.75 Å². The maximum Gasteiger partial charge on any atom is 0.275 e. The second-order valence-corrected chi connectivity index (χ2v) is 10.4. The molecule has 2 heterocycles. The van der Waals surface area contributed by atoms with Crippen LogP contribution in [0.25, 0.3) is 10.6 Å². The van der Waals surface area contributed by atoms with Gasteiger partial charge in [0.25, 0.3) is 5.91 Å². The number of pyridine rings is 1. The van der Waals surface area contributed by atoms with E-state index < -0.39 is 40.0 Å². The van der Waals surface area contributed by atoms with Crippen LogP contribution in [0.2, 0.25) is 0 Å². The molecule has 1 aromatic carbocycles. The fourth-order valence-electron chi connectivity index (χ4n) is 4.42. The molecule has 0 radical (unpaired) electrons. The lowest BCUT2D eigenvalue weighted by atomic mass is 9.79. The first-order valence-electron chi connectivity index (χ1n) is 11.4. The monoisotopic (exact) mass is 519 g/mol. The van der Waals surface area contributed by atoms with Crippen LogP contribution in [-0.4, -0.2) is 61.6 Å². The Kier molecular flexibility index (Phi) is 6.95. The van der Waals surface area contributed by atoms with Gasteiger partial charge in [-0.2, -0.15) is 0 Å². The lowest BCUT2D eigenvalue weighted by molar-refractivity contribution is -0.0412. The number of aromatic nitrogens is 3. The molecule has 36 heavy (non-hydrogen) atoms. The topological polar surface area (TPSA) is 131 Å². The molecule has 192 valence electrons. The molecule has 0 aliphatic heterocycles. The third-order valence-electron chi connectivity index (χ3n) is 6.89. The van der Waals surface area contributed by atoms with Crippen LogP contribution in [0.4, 0.5) is 8.78 Å². The standard InChI is InChI=1S/C24H27F2N5O4S/c1-23(35)6-8-24(27-2,9-7-23)31(3)22(34)18-20(33)19(32)15(12-28-18)21-30-29-17(36-21)10-13-4-5-14(25)11-16(13)26/h4-5,11-12,27,33,35H,6-10H2,1-3H3,(H,28,32). The molecule has 4 N–H and O–H groups in total. The average molecular weight is 520 g/mol. The maximum absolute atomic E-state index is 14.0. The van der Waals surface area contributed by atoms with Gasteiger partial charge in [0.15, 0.2) is 16.5 Å². The molecular formula is C24H27F2N5O4S. The number of aliphatic hydroxyl groups is 1. The van der Waals surface area contributed by atoms with Crippen molar-refractivity contribution in [3.05, 3.63) is 62.5 Å². The summed E-state index contributed by atoms with van der Waals surface area (Å²) in [6.45, 7) is 1.76. The second-order valence-electron chi connectivity index (χ2n) is 9.31. The summed E-state index contributed by atoms with van der Waals surface area (Å²) in [6, 6.07) is 3.23. The molecule has 2 aromatic heterocycles. The van der Waals surface area contributed by atoms with Crippen LogP contribution < -0.4 is 10.7 Å². The van der Waals surface area contributed by atoms with E-state index >= 15 is 0 Å². The Morgan fingerprint density at radius 2 is 1.94 bits per heavy atom. The molecule has 1 fully saturated rings. The zero-order valence-corrected chi connectivity index (χ0v) is 20.9. The first kappa shape index (κ1) is 25.9. The summed E-state index contributed by atoms with van der Waals surface area (Å²) >= 11 is 1.02. The van der Waals surface area contributed by atoms with Crippen LogP contribution in [0.1, 0.15) is 53.7 Å². The molecule has 4 rings (SSSR count). The third kappa shape index (κ3) is 4.88. The first-order chi connectivity index (χ1) is 17.0. The molecule has 0 unspecified atom stereocenters. The minimum atomic E-state index is -0.814. The van der Waals surface area contributed by atoms with Crippen molar-refractivity contribution in [2.24, 2.45) is 0 Å². The van der Waals surface area contributed by atoms with Gasteiger partial charge in [-0.3, -0.25) is 14.9 Å². The van der Waals surface area contributed by atoms with E-state index in [-0.39, 0.29) is 28.2 Å². The summed E-state index contributed by atoms with van der Waals surface area (Å²) in [5.74, 6) is -2.74. The minimum absolute atomic E-state index is 0.00655. The van der Waals surface area contributed by atoms with Crippen molar-refractivity contribution in [1.82, 2.24) is 25.4 Å². The molecule has 0 atom stereocenters. The molecule has 0 saturated heterocycles. The van der Waals surface area contributed by atoms with E-state index in [1.165, 1.54) is 17.2 Å². The fraction of sp³-hybridized carbons (Fsp3) is 0.417. The van der Waals surface area contributed by atoms with E-state index in [0.717, 1.165) is 23.5 Å². The van der Waals surface area contributed by atoms with Gasteiger partial charge in [-0.1, -0.05) is 17.4 Å². The Bertz CT molecular complexity index is 1350. The van der Waals surface area contributed by atoms with E-state index in [2.05, 4.69) is 20.5 Å². The number of H-pyrrole nitrogens is 1. The summed E-state index contributed by atoms with van der Waals surface area (Å²) in [4.78, 5) is 30.3. The zero-order valence-electron chi connectivity index (χ0n) is 20.1. The molecule has 1 aliphatic rings. The van der Waals surface area contributed by atoms with E-state index in [9.17, 15) is 28.6 Å². The lowest BCUT2D eigenvalue weighted by Crippen LogP contribution is -2.61. The number of amides is 1. The van der Waals surface area contributed by atoms with Gasteiger partial charge in [0.1, 0.15) is 16.6 Å². The lowest BCUT2D eigenvalue weighted by Gasteiger charge is -2.47. The number of halogens is 2. The van der Waals surface area contributed by atoms with E-state index in [1.807, 2.05) is 0 Å². The average Bonchev–Trinajstić information content (AvgIpc) is 3.30. The normalized spacial score (nSPS) is 21.9. The van der Waals surface area contributed by atoms with Crippen LogP contribution >= 0.6 is 11.3 Å². The molecule has 1 aliphatic carbocycles. The number of carbonyl (C=O) groups excluding carboxylic acids is 1. The number of benzene rings is 1. The summed E-state index contributed by atoms with van der Waals surface area (Å²) in [7, 11) is 3.30. The Labute approximate surface area is 209 Å². The Balaban J connectivity index is 1.57. The second kappa shape index (κ2) is 9.68. The van der Waals surface area contributed by atoms with Gasteiger partial charge >= 0.3 is 0 Å². The Morgan fingerprint density at radius 3 is 2.58 bits per heavy atom. The van der Waals surface area contributed by atoms with Crippen molar-refractivity contribution in [2.75, 3.05) is 14.1 Å². The Morgan fingerprint density at radius 1 is 1.25 bits per heavy atom. The Hall–Kier alpha value is -3.22. The molecule has 3 aromatic rings. The van der Waals surface area contributed by atoms with Crippen molar-refractivity contribution in [3.8, 4) is 16.3 Å². The number of carbonyl (C=O) groups is 1. The van der Waals surface area contributed by atoms with Gasteiger partial charge < -0.3 is 20.1 Å². The van der Waals surface area contributed by atoms with Gasteiger partial charge in [-0.15, -0.1) is 10.2 Å².